The molecule has 23 heavy (non-hydrogen) atoms. The average molecular weight is 383 g/mol. The number of benzene rings is 2. The molecule has 0 aliphatic rings. The zero-order chi connectivity index (χ0) is 16.8. The van der Waals surface area contributed by atoms with Gasteiger partial charge in [-0.2, -0.15) is 5.10 Å². The van der Waals surface area contributed by atoms with Gasteiger partial charge in [0.1, 0.15) is 17.4 Å². The highest BCUT2D eigenvalue weighted by molar-refractivity contribution is 9.10. The summed E-state index contributed by atoms with van der Waals surface area (Å²) in [5.41, 5.74) is 2.37. The van der Waals surface area contributed by atoms with Crippen molar-refractivity contribution < 1.29 is 18.3 Å². The predicted octanol–water partition coefficient (Wildman–Crippen LogP) is 3.65. The SMILES string of the molecule is C/C(=N/NC(=O)COc1ccc(Br)cc1)c1cc(F)ccc1F. The first kappa shape index (κ1) is 17.1. The Hall–Kier alpha value is -2.28. The Morgan fingerprint density at radius 3 is 2.61 bits per heavy atom. The van der Waals surface area contributed by atoms with Crippen LogP contribution in [0.5, 0.6) is 5.75 Å². The highest BCUT2D eigenvalue weighted by atomic mass is 79.9. The summed E-state index contributed by atoms with van der Waals surface area (Å²) < 4.78 is 32.8. The van der Waals surface area contributed by atoms with E-state index in [1.807, 2.05) is 0 Å². The maximum Gasteiger partial charge on any atom is 0.277 e. The van der Waals surface area contributed by atoms with Crippen LogP contribution in [-0.2, 0) is 4.79 Å². The standard InChI is InChI=1S/C16H13BrF2N2O2/c1-10(14-8-12(18)4-7-15(14)19)20-21-16(22)9-23-13-5-2-11(17)3-6-13/h2-8H,9H2,1H3,(H,21,22)/b20-10-. The van der Waals surface area contributed by atoms with Crippen molar-refractivity contribution >= 4 is 27.5 Å². The molecule has 1 amide bonds. The summed E-state index contributed by atoms with van der Waals surface area (Å²) in [5.74, 6) is -1.18. The van der Waals surface area contributed by atoms with Gasteiger partial charge in [-0.05, 0) is 49.4 Å². The third-order valence-corrected chi connectivity index (χ3v) is 3.38. The summed E-state index contributed by atoms with van der Waals surface area (Å²) in [6, 6.07) is 9.99. The van der Waals surface area contributed by atoms with Crippen LogP contribution in [0.2, 0.25) is 0 Å². The van der Waals surface area contributed by atoms with E-state index in [1.54, 1.807) is 24.3 Å². The van der Waals surface area contributed by atoms with Crippen LogP contribution in [0.1, 0.15) is 12.5 Å². The summed E-state index contributed by atoms with van der Waals surface area (Å²) in [5, 5.41) is 3.75. The number of rotatable bonds is 5. The molecule has 0 spiro atoms. The maximum absolute atomic E-state index is 13.6. The molecule has 7 heteroatoms. The first-order chi connectivity index (χ1) is 11.0. The number of hydrazone groups is 1. The molecule has 0 radical (unpaired) electrons. The Morgan fingerprint density at radius 2 is 1.91 bits per heavy atom. The molecule has 0 aromatic heterocycles. The van der Waals surface area contributed by atoms with E-state index in [2.05, 4.69) is 26.5 Å². The normalized spacial score (nSPS) is 11.2. The molecule has 0 bridgehead atoms. The first-order valence-electron chi connectivity index (χ1n) is 6.62. The number of hydrogen-bond acceptors (Lipinski definition) is 3. The number of hydrogen-bond donors (Lipinski definition) is 1. The van der Waals surface area contributed by atoms with Gasteiger partial charge in [0.05, 0.1) is 5.71 Å². The zero-order valence-electron chi connectivity index (χ0n) is 12.1. The van der Waals surface area contributed by atoms with Gasteiger partial charge in [-0.3, -0.25) is 4.79 Å². The van der Waals surface area contributed by atoms with Crippen molar-refractivity contribution in [2.24, 2.45) is 5.10 Å². The van der Waals surface area contributed by atoms with Crippen molar-refractivity contribution in [3.63, 3.8) is 0 Å². The van der Waals surface area contributed by atoms with Crippen molar-refractivity contribution in [1.82, 2.24) is 5.43 Å². The number of carbonyl (C=O) groups excluding carboxylic acids is 1. The molecule has 4 nitrogen and oxygen atoms in total. The van der Waals surface area contributed by atoms with Gasteiger partial charge in [0.2, 0.25) is 0 Å². The first-order valence-corrected chi connectivity index (χ1v) is 7.42. The van der Waals surface area contributed by atoms with E-state index in [9.17, 15) is 13.6 Å². The second kappa shape index (κ2) is 7.82. The van der Waals surface area contributed by atoms with E-state index in [0.717, 1.165) is 22.7 Å². The van der Waals surface area contributed by atoms with Crippen LogP contribution in [-0.4, -0.2) is 18.2 Å². The third kappa shape index (κ3) is 5.14. The lowest BCUT2D eigenvalue weighted by molar-refractivity contribution is -0.123. The van der Waals surface area contributed by atoms with Crippen LogP contribution in [0.25, 0.3) is 0 Å². The molecule has 0 saturated heterocycles. The molecule has 2 aromatic rings. The molecular weight excluding hydrogens is 370 g/mol. The van der Waals surface area contributed by atoms with Crippen LogP contribution in [0.3, 0.4) is 0 Å². The fraction of sp³-hybridized carbons (Fsp3) is 0.125. The van der Waals surface area contributed by atoms with E-state index < -0.39 is 17.5 Å². The number of nitrogens with one attached hydrogen (secondary N) is 1. The molecule has 0 unspecified atom stereocenters. The van der Waals surface area contributed by atoms with Crippen molar-refractivity contribution in [1.29, 1.82) is 0 Å². The minimum Gasteiger partial charge on any atom is -0.484 e. The third-order valence-electron chi connectivity index (χ3n) is 2.85. The van der Waals surface area contributed by atoms with Crippen LogP contribution in [0.4, 0.5) is 8.78 Å². The second-order valence-corrected chi connectivity index (χ2v) is 5.51. The van der Waals surface area contributed by atoms with Gasteiger partial charge >= 0.3 is 0 Å². The van der Waals surface area contributed by atoms with Crippen LogP contribution in [0.15, 0.2) is 52.0 Å². The molecule has 0 atom stereocenters. The highest BCUT2D eigenvalue weighted by Gasteiger charge is 2.08. The molecule has 1 N–H and O–H groups in total. The summed E-state index contributed by atoms with van der Waals surface area (Å²) in [6.45, 7) is 1.22. The molecule has 0 heterocycles. The van der Waals surface area contributed by atoms with Gasteiger partial charge < -0.3 is 4.74 Å². The van der Waals surface area contributed by atoms with Crippen LogP contribution >= 0.6 is 15.9 Å². The molecule has 0 saturated carbocycles. The fourth-order valence-electron chi connectivity index (χ4n) is 1.69. The minimum absolute atomic E-state index is 0.0147. The van der Waals surface area contributed by atoms with Crippen LogP contribution in [0, 0.1) is 11.6 Å². The molecule has 0 aliphatic carbocycles. The molecule has 0 aliphatic heterocycles. The van der Waals surface area contributed by atoms with Gasteiger partial charge in [0.25, 0.3) is 5.91 Å². The van der Waals surface area contributed by atoms with Gasteiger partial charge in [-0.1, -0.05) is 15.9 Å². The zero-order valence-corrected chi connectivity index (χ0v) is 13.7. The maximum atomic E-state index is 13.6. The summed E-state index contributed by atoms with van der Waals surface area (Å²) in [4.78, 5) is 11.7. The quantitative estimate of drug-likeness (QED) is 0.633. The van der Waals surface area contributed by atoms with Crippen LogP contribution < -0.4 is 10.2 Å². The van der Waals surface area contributed by atoms with Gasteiger partial charge in [-0.15, -0.1) is 0 Å². The summed E-state index contributed by atoms with van der Waals surface area (Å²) >= 11 is 3.29. The topological polar surface area (TPSA) is 50.7 Å². The summed E-state index contributed by atoms with van der Waals surface area (Å²) in [6.07, 6.45) is 0. The van der Waals surface area contributed by atoms with Gasteiger partial charge in [0, 0.05) is 10.0 Å². The Balaban J connectivity index is 1.92. The van der Waals surface area contributed by atoms with E-state index >= 15 is 0 Å². The Bertz CT molecular complexity index is 733. The van der Waals surface area contributed by atoms with E-state index in [1.165, 1.54) is 6.92 Å². The molecule has 2 aromatic carbocycles. The number of nitrogens with zero attached hydrogens (tertiary/aromatic N) is 1. The molecule has 2 rings (SSSR count). The summed E-state index contributed by atoms with van der Waals surface area (Å²) in [7, 11) is 0. The lowest BCUT2D eigenvalue weighted by atomic mass is 10.1. The molecule has 0 fully saturated rings. The predicted molar refractivity (Wildman–Crippen MR) is 86.3 cm³/mol. The molecule has 120 valence electrons. The smallest absolute Gasteiger partial charge is 0.277 e. The largest absolute Gasteiger partial charge is 0.484 e. The number of ether oxygens (including phenoxy) is 1. The van der Waals surface area contributed by atoms with Crippen molar-refractivity contribution in [2.45, 2.75) is 6.92 Å². The highest BCUT2D eigenvalue weighted by Crippen LogP contribution is 2.15. The van der Waals surface area contributed by atoms with Gasteiger partial charge in [0.15, 0.2) is 6.61 Å². The average Bonchev–Trinajstić information content (AvgIpc) is 2.54. The minimum atomic E-state index is -0.618. The fourth-order valence-corrected chi connectivity index (χ4v) is 1.96. The van der Waals surface area contributed by atoms with Gasteiger partial charge in [-0.25, -0.2) is 14.2 Å². The Labute approximate surface area is 140 Å². The Morgan fingerprint density at radius 1 is 1.22 bits per heavy atom. The molecular formula is C16H13BrF2N2O2. The van der Waals surface area contributed by atoms with Crippen molar-refractivity contribution in [2.75, 3.05) is 6.61 Å². The van der Waals surface area contributed by atoms with E-state index in [-0.39, 0.29) is 17.9 Å². The lowest BCUT2D eigenvalue weighted by Gasteiger charge is -2.06. The van der Waals surface area contributed by atoms with E-state index in [0.29, 0.717) is 5.75 Å². The monoisotopic (exact) mass is 382 g/mol. The second-order valence-electron chi connectivity index (χ2n) is 4.60. The number of carbonyl (C=O) groups is 1. The Kier molecular flexibility index (Phi) is 5.81. The number of amides is 1. The number of halogens is 3. The lowest BCUT2D eigenvalue weighted by Crippen LogP contribution is -2.25. The van der Waals surface area contributed by atoms with Crippen molar-refractivity contribution in [3.8, 4) is 5.75 Å². The van der Waals surface area contributed by atoms with E-state index in [4.69, 9.17) is 4.74 Å². The van der Waals surface area contributed by atoms with Crippen molar-refractivity contribution in [3.05, 3.63) is 64.1 Å².